The Morgan fingerprint density at radius 1 is 1.45 bits per heavy atom. The molecule has 1 unspecified atom stereocenters. The SMILES string of the molecule is CSCCC(C)NS(=O)(=O)c1c(C)nn(CCO)c1C. The van der Waals surface area contributed by atoms with Crippen LogP contribution in [0.1, 0.15) is 24.7 Å². The second-order valence-corrected chi connectivity index (χ2v) is 7.39. The van der Waals surface area contributed by atoms with Crippen LogP contribution in [0, 0.1) is 13.8 Å². The topological polar surface area (TPSA) is 84.2 Å². The lowest BCUT2D eigenvalue weighted by Gasteiger charge is -2.14. The molecule has 8 heteroatoms. The van der Waals surface area contributed by atoms with Gasteiger partial charge in [-0.2, -0.15) is 16.9 Å². The first-order chi connectivity index (χ1) is 9.33. The molecular weight excluding hydrogens is 298 g/mol. The number of sulfonamides is 1. The standard InChI is InChI=1S/C12H23N3O3S2/c1-9(5-8-19-4)14-20(17,18)12-10(2)13-15(6-7-16)11(12)3/h9,14,16H,5-8H2,1-4H3. The fourth-order valence-electron chi connectivity index (χ4n) is 2.06. The Bertz CT molecular complexity index is 540. The van der Waals surface area contributed by atoms with Gasteiger partial charge in [0.1, 0.15) is 4.90 Å². The summed E-state index contributed by atoms with van der Waals surface area (Å²) in [6.07, 6.45) is 2.78. The Morgan fingerprint density at radius 2 is 2.10 bits per heavy atom. The highest BCUT2D eigenvalue weighted by Crippen LogP contribution is 2.20. The van der Waals surface area contributed by atoms with Gasteiger partial charge in [-0.25, -0.2) is 13.1 Å². The van der Waals surface area contributed by atoms with E-state index in [0.717, 1.165) is 12.2 Å². The Hall–Kier alpha value is -0.570. The molecule has 0 spiro atoms. The zero-order valence-corrected chi connectivity index (χ0v) is 14.0. The summed E-state index contributed by atoms with van der Waals surface area (Å²) in [5.41, 5.74) is 1.02. The van der Waals surface area contributed by atoms with E-state index in [9.17, 15) is 8.42 Å². The Balaban J connectivity index is 2.98. The minimum atomic E-state index is -3.57. The highest BCUT2D eigenvalue weighted by molar-refractivity contribution is 7.98. The molecule has 0 aliphatic heterocycles. The second kappa shape index (κ2) is 7.44. The molecule has 0 aromatic carbocycles. The summed E-state index contributed by atoms with van der Waals surface area (Å²) in [4.78, 5) is 0.224. The van der Waals surface area contributed by atoms with E-state index >= 15 is 0 Å². The van der Waals surface area contributed by atoms with Gasteiger partial charge in [0.25, 0.3) is 0 Å². The van der Waals surface area contributed by atoms with Gasteiger partial charge >= 0.3 is 0 Å². The fourth-order valence-corrected chi connectivity index (χ4v) is 4.34. The van der Waals surface area contributed by atoms with E-state index in [4.69, 9.17) is 5.11 Å². The fraction of sp³-hybridized carbons (Fsp3) is 0.750. The molecule has 0 bridgehead atoms. The first-order valence-corrected chi connectivity index (χ1v) is 9.37. The summed E-state index contributed by atoms with van der Waals surface area (Å²) in [5, 5.41) is 13.1. The summed E-state index contributed by atoms with van der Waals surface area (Å²) in [6, 6.07) is -0.118. The summed E-state index contributed by atoms with van der Waals surface area (Å²) in [7, 11) is -3.57. The van der Waals surface area contributed by atoms with Crippen LogP contribution in [0.2, 0.25) is 0 Å². The van der Waals surface area contributed by atoms with Crippen molar-refractivity contribution < 1.29 is 13.5 Å². The largest absolute Gasteiger partial charge is 0.394 e. The molecule has 1 aromatic rings. The van der Waals surface area contributed by atoms with Crippen molar-refractivity contribution >= 4 is 21.8 Å². The first kappa shape index (κ1) is 17.5. The van der Waals surface area contributed by atoms with Crippen LogP contribution in [0.3, 0.4) is 0 Å². The average molecular weight is 321 g/mol. The van der Waals surface area contributed by atoms with Gasteiger partial charge in [-0.3, -0.25) is 4.68 Å². The number of aliphatic hydroxyl groups is 1. The van der Waals surface area contributed by atoms with Gasteiger partial charge < -0.3 is 5.11 Å². The third-order valence-corrected chi connectivity index (χ3v) is 5.49. The monoisotopic (exact) mass is 321 g/mol. The van der Waals surface area contributed by atoms with Gasteiger partial charge in [0.2, 0.25) is 10.0 Å². The molecular formula is C12H23N3O3S2. The van der Waals surface area contributed by atoms with Crippen LogP contribution in [-0.4, -0.2) is 48.0 Å². The molecule has 0 amide bonds. The van der Waals surface area contributed by atoms with Gasteiger partial charge in [0.15, 0.2) is 0 Å². The zero-order chi connectivity index (χ0) is 15.3. The van der Waals surface area contributed by atoms with Crippen LogP contribution in [0.5, 0.6) is 0 Å². The van der Waals surface area contributed by atoms with Gasteiger partial charge in [-0.15, -0.1) is 0 Å². The third kappa shape index (κ3) is 4.21. The van der Waals surface area contributed by atoms with Crippen molar-refractivity contribution in [3.63, 3.8) is 0 Å². The smallest absolute Gasteiger partial charge is 0.244 e. The summed E-state index contributed by atoms with van der Waals surface area (Å²) < 4.78 is 29.1. The Morgan fingerprint density at radius 3 is 2.65 bits per heavy atom. The van der Waals surface area contributed by atoms with Crippen LogP contribution >= 0.6 is 11.8 Å². The zero-order valence-electron chi connectivity index (χ0n) is 12.4. The number of nitrogens with one attached hydrogen (secondary N) is 1. The molecule has 0 aliphatic carbocycles. The van der Waals surface area contributed by atoms with Crippen LogP contribution in [0.15, 0.2) is 4.90 Å². The van der Waals surface area contributed by atoms with Crippen LogP contribution in [0.25, 0.3) is 0 Å². The number of aryl methyl sites for hydroxylation is 1. The molecule has 1 atom stereocenters. The van der Waals surface area contributed by atoms with Crippen molar-refractivity contribution in [3.8, 4) is 0 Å². The van der Waals surface area contributed by atoms with Crippen LogP contribution in [0.4, 0.5) is 0 Å². The van der Waals surface area contributed by atoms with E-state index in [0.29, 0.717) is 17.9 Å². The number of hydrogen-bond acceptors (Lipinski definition) is 5. The molecule has 1 heterocycles. The van der Waals surface area contributed by atoms with E-state index in [1.165, 1.54) is 4.68 Å². The highest BCUT2D eigenvalue weighted by atomic mass is 32.2. The molecule has 2 N–H and O–H groups in total. The molecule has 6 nitrogen and oxygen atoms in total. The van der Waals surface area contributed by atoms with Crippen molar-refractivity contribution in [2.75, 3.05) is 18.6 Å². The average Bonchev–Trinajstić information content (AvgIpc) is 2.62. The van der Waals surface area contributed by atoms with Crippen LogP contribution in [-0.2, 0) is 16.6 Å². The molecule has 0 saturated heterocycles. The van der Waals surface area contributed by atoms with Crippen molar-refractivity contribution in [2.24, 2.45) is 0 Å². The van der Waals surface area contributed by atoms with E-state index in [1.54, 1.807) is 25.6 Å². The van der Waals surface area contributed by atoms with Gasteiger partial charge in [-0.05, 0) is 39.2 Å². The number of nitrogens with zero attached hydrogens (tertiary/aromatic N) is 2. The maximum Gasteiger partial charge on any atom is 0.244 e. The Labute approximate surface area is 125 Å². The quantitative estimate of drug-likeness (QED) is 0.743. The normalized spacial score (nSPS) is 13.7. The summed E-state index contributed by atoms with van der Waals surface area (Å²) >= 11 is 1.69. The molecule has 20 heavy (non-hydrogen) atoms. The van der Waals surface area contributed by atoms with Crippen molar-refractivity contribution in [2.45, 2.75) is 44.7 Å². The molecule has 1 aromatic heterocycles. The van der Waals surface area contributed by atoms with Crippen LogP contribution < -0.4 is 4.72 Å². The van der Waals surface area contributed by atoms with E-state index in [-0.39, 0.29) is 17.5 Å². The first-order valence-electron chi connectivity index (χ1n) is 6.49. The molecule has 0 fully saturated rings. The minimum Gasteiger partial charge on any atom is -0.394 e. The van der Waals surface area contributed by atoms with Gasteiger partial charge in [-0.1, -0.05) is 0 Å². The number of thioether (sulfide) groups is 1. The van der Waals surface area contributed by atoms with Gasteiger partial charge in [0.05, 0.1) is 24.5 Å². The van der Waals surface area contributed by atoms with Gasteiger partial charge in [0, 0.05) is 6.04 Å². The number of rotatable bonds is 8. The number of aliphatic hydroxyl groups excluding tert-OH is 1. The van der Waals surface area contributed by atoms with E-state index in [1.807, 2.05) is 13.2 Å². The van der Waals surface area contributed by atoms with Crippen molar-refractivity contribution in [3.05, 3.63) is 11.4 Å². The molecule has 0 saturated carbocycles. The minimum absolute atomic E-state index is 0.0704. The Kier molecular flexibility index (Phi) is 6.50. The highest BCUT2D eigenvalue weighted by Gasteiger charge is 2.25. The lowest BCUT2D eigenvalue weighted by Crippen LogP contribution is -2.33. The van der Waals surface area contributed by atoms with E-state index < -0.39 is 10.0 Å². The predicted octanol–water partition coefficient (Wildman–Crippen LogP) is 0.912. The molecule has 0 aliphatic rings. The number of aromatic nitrogens is 2. The number of hydrogen-bond donors (Lipinski definition) is 2. The summed E-state index contributed by atoms with van der Waals surface area (Å²) in [5.74, 6) is 0.908. The lowest BCUT2D eigenvalue weighted by molar-refractivity contribution is 0.267. The summed E-state index contributed by atoms with van der Waals surface area (Å²) in [6.45, 7) is 5.46. The molecule has 116 valence electrons. The van der Waals surface area contributed by atoms with Crippen molar-refractivity contribution in [1.29, 1.82) is 0 Å². The van der Waals surface area contributed by atoms with Crippen molar-refractivity contribution in [1.82, 2.24) is 14.5 Å². The maximum absolute atomic E-state index is 12.4. The predicted molar refractivity (Wildman–Crippen MR) is 81.6 cm³/mol. The lowest BCUT2D eigenvalue weighted by atomic mass is 10.3. The second-order valence-electron chi connectivity index (χ2n) is 4.75. The third-order valence-electron chi connectivity index (χ3n) is 3.01. The molecule has 1 rings (SSSR count). The molecule has 0 radical (unpaired) electrons. The maximum atomic E-state index is 12.4. The van der Waals surface area contributed by atoms with E-state index in [2.05, 4.69) is 9.82 Å².